The summed E-state index contributed by atoms with van der Waals surface area (Å²) in [5, 5.41) is 16.5. The molecule has 0 amide bonds. The lowest BCUT2D eigenvalue weighted by Gasteiger charge is -2.34. The number of nitrogens with zero attached hydrogens (tertiary/aromatic N) is 4. The smallest absolute Gasteiger partial charge is 0.286 e. The first-order chi connectivity index (χ1) is 20.5. The first-order valence-corrected chi connectivity index (χ1v) is 14.9. The Hall–Kier alpha value is -4.84. The molecule has 0 spiro atoms. The number of ketones is 1. The van der Waals surface area contributed by atoms with E-state index in [1.165, 1.54) is 38.3 Å². The standard InChI is InChI=1S/C36H30N4O2/c1-37-27-17-15-22-10-4-6-12-24(22)32(27)40-20-8-14-25(35(37)40)29-33(41)30(34(29)42)26-13-7-19-39-28-18-16-21-9-3-5-11-23(21)31(28)38(2)36(26)39/h3-6,9-12,15-18H,7-8,13-14,19-20H2,1-2H3/p+1. The molecule has 9 rings (SSSR count). The number of aryl methyl sites for hydroxylation is 2. The molecule has 1 aliphatic carbocycles. The summed E-state index contributed by atoms with van der Waals surface area (Å²) < 4.78 is 4.57. The van der Waals surface area contributed by atoms with E-state index >= 15 is 0 Å². The van der Waals surface area contributed by atoms with Crippen molar-refractivity contribution in [3.63, 3.8) is 0 Å². The van der Waals surface area contributed by atoms with Gasteiger partial charge in [-0.25, -0.2) is 9.13 Å². The van der Waals surface area contributed by atoms with Gasteiger partial charge in [0.25, 0.3) is 5.82 Å². The van der Waals surface area contributed by atoms with Crippen LogP contribution in [0.1, 0.15) is 31.5 Å². The molecule has 0 saturated heterocycles. The fourth-order valence-corrected chi connectivity index (χ4v) is 8.08. The number of imidazole rings is 1. The molecule has 206 valence electrons. The van der Waals surface area contributed by atoms with Gasteiger partial charge in [-0.3, -0.25) is 4.79 Å². The Balaban J connectivity index is 1.23. The fraction of sp³-hybridized carbons (Fsp3) is 0.222. The summed E-state index contributed by atoms with van der Waals surface area (Å²) in [6.07, 6.45) is 3.42. The summed E-state index contributed by atoms with van der Waals surface area (Å²) in [5.74, 6) is 2.20. The molecule has 6 nitrogen and oxygen atoms in total. The highest BCUT2D eigenvalue weighted by Gasteiger charge is 2.46. The topological polar surface area (TPSA) is 52.6 Å². The lowest BCUT2D eigenvalue weighted by molar-refractivity contribution is -0.647. The third-order valence-electron chi connectivity index (χ3n) is 9.85. The quantitative estimate of drug-likeness (QED) is 0.187. The molecule has 4 aromatic carbocycles. The van der Waals surface area contributed by atoms with Crippen LogP contribution in [0.15, 0.2) is 101 Å². The number of anilines is 2. The Bertz CT molecular complexity index is 2160. The van der Waals surface area contributed by atoms with Crippen LogP contribution in [0, 0.1) is 0 Å². The van der Waals surface area contributed by atoms with Gasteiger partial charge >= 0.3 is 0 Å². The maximum Gasteiger partial charge on any atom is 0.286 e. The Morgan fingerprint density at radius 1 is 0.786 bits per heavy atom. The van der Waals surface area contributed by atoms with E-state index < -0.39 is 0 Å². The van der Waals surface area contributed by atoms with Crippen molar-refractivity contribution < 1.29 is 14.5 Å². The first kappa shape index (κ1) is 23.8. The summed E-state index contributed by atoms with van der Waals surface area (Å²) in [4.78, 5) is 18.7. The van der Waals surface area contributed by atoms with Crippen LogP contribution in [0.25, 0.3) is 38.2 Å². The minimum absolute atomic E-state index is 0.0235. The van der Waals surface area contributed by atoms with Gasteiger partial charge in [-0.15, -0.1) is 0 Å². The molecule has 4 aliphatic rings. The number of benzene rings is 4. The number of fused-ring (bicyclic) bond motifs is 10. The maximum absolute atomic E-state index is 14.1. The van der Waals surface area contributed by atoms with Crippen LogP contribution in [-0.4, -0.2) is 29.0 Å². The van der Waals surface area contributed by atoms with E-state index in [0.29, 0.717) is 11.1 Å². The summed E-state index contributed by atoms with van der Waals surface area (Å²) in [5.41, 5.74) is 7.61. The van der Waals surface area contributed by atoms with Crippen LogP contribution < -0.4 is 14.4 Å². The summed E-state index contributed by atoms with van der Waals surface area (Å²) in [6.45, 7) is 1.79. The van der Waals surface area contributed by atoms with E-state index in [1.54, 1.807) is 0 Å². The molecule has 0 saturated carbocycles. The average Bonchev–Trinajstić information content (AvgIpc) is 3.49. The van der Waals surface area contributed by atoms with Gasteiger partial charge in [0.05, 0.1) is 41.7 Å². The molecule has 3 aliphatic heterocycles. The van der Waals surface area contributed by atoms with E-state index in [1.807, 2.05) is 0 Å². The Kier molecular flexibility index (Phi) is 4.74. The van der Waals surface area contributed by atoms with Crippen LogP contribution in [0.4, 0.5) is 11.4 Å². The number of hydrogen-bond acceptors (Lipinski definition) is 4. The number of hydrogen-bond donors (Lipinski definition) is 1. The van der Waals surface area contributed by atoms with Crippen molar-refractivity contribution in [3.05, 3.63) is 107 Å². The molecule has 0 unspecified atom stereocenters. The van der Waals surface area contributed by atoms with E-state index in [-0.39, 0.29) is 11.5 Å². The van der Waals surface area contributed by atoms with Gasteiger partial charge in [0, 0.05) is 29.9 Å². The van der Waals surface area contributed by atoms with E-state index in [0.717, 1.165) is 67.3 Å². The lowest BCUT2D eigenvalue weighted by Crippen LogP contribution is -2.38. The van der Waals surface area contributed by atoms with Crippen molar-refractivity contribution in [2.75, 3.05) is 23.4 Å². The predicted octanol–water partition coefficient (Wildman–Crippen LogP) is 6.68. The molecular formula is C36H31N4O2+. The number of carbonyl (C=O) groups excluding carboxylic acids is 1. The molecule has 1 N–H and O–H groups in total. The van der Waals surface area contributed by atoms with Crippen molar-refractivity contribution >= 4 is 55.3 Å². The third kappa shape index (κ3) is 2.89. The summed E-state index contributed by atoms with van der Waals surface area (Å²) >= 11 is 0. The number of carbonyl (C=O) groups is 1. The van der Waals surface area contributed by atoms with Crippen LogP contribution >= 0.6 is 0 Å². The minimum atomic E-state index is -0.0235. The lowest BCUT2D eigenvalue weighted by atomic mass is 9.77. The van der Waals surface area contributed by atoms with Crippen molar-refractivity contribution in [3.8, 4) is 0 Å². The second-order valence-corrected chi connectivity index (χ2v) is 12.0. The number of allylic oxidation sites excluding steroid dienone is 4. The molecule has 1 aromatic heterocycles. The second kappa shape index (κ2) is 8.35. The van der Waals surface area contributed by atoms with Gasteiger partial charge in [0.1, 0.15) is 11.6 Å². The highest BCUT2D eigenvalue weighted by molar-refractivity contribution is 6.25. The Morgan fingerprint density at radius 2 is 1.48 bits per heavy atom. The van der Waals surface area contributed by atoms with Crippen molar-refractivity contribution in [2.24, 2.45) is 7.05 Å². The zero-order chi connectivity index (χ0) is 28.3. The van der Waals surface area contributed by atoms with Gasteiger partial charge in [-0.2, -0.15) is 0 Å². The average molecular weight is 552 g/mol. The Morgan fingerprint density at radius 3 is 2.29 bits per heavy atom. The monoisotopic (exact) mass is 551 g/mol. The number of aliphatic hydroxyl groups excluding tert-OH is 1. The largest absolute Gasteiger partial charge is 0.506 e. The summed E-state index contributed by atoms with van der Waals surface area (Å²) in [7, 11) is 4.17. The van der Waals surface area contributed by atoms with Gasteiger partial charge in [-0.05, 0) is 60.7 Å². The molecule has 0 radical (unpaired) electrons. The second-order valence-electron chi connectivity index (χ2n) is 12.0. The van der Waals surface area contributed by atoms with Gasteiger partial charge in [-0.1, -0.05) is 48.5 Å². The van der Waals surface area contributed by atoms with Gasteiger partial charge < -0.3 is 14.9 Å². The molecular weight excluding hydrogens is 520 g/mol. The normalized spacial score (nSPS) is 20.1. The molecule has 5 aromatic rings. The zero-order valence-electron chi connectivity index (χ0n) is 23.8. The predicted molar refractivity (Wildman–Crippen MR) is 167 cm³/mol. The SMILES string of the molecule is CN1C2=C(C3=C(O)C(=C4CCCn5c4[n+](C)c4c6ccccc6ccc45)C3=O)CCCN2c2c1ccc1ccccc21. The van der Waals surface area contributed by atoms with Crippen molar-refractivity contribution in [2.45, 2.75) is 32.2 Å². The highest BCUT2D eigenvalue weighted by Crippen LogP contribution is 2.51. The van der Waals surface area contributed by atoms with Crippen LogP contribution in [0.2, 0.25) is 0 Å². The number of aliphatic hydroxyl groups is 1. The molecule has 0 bridgehead atoms. The molecule has 6 heteroatoms. The van der Waals surface area contributed by atoms with Gasteiger partial charge in [0.2, 0.25) is 5.78 Å². The molecule has 4 heterocycles. The number of aromatic nitrogens is 2. The Labute approximate surface area is 243 Å². The van der Waals surface area contributed by atoms with E-state index in [9.17, 15) is 9.90 Å². The highest BCUT2D eigenvalue weighted by atomic mass is 16.3. The number of rotatable bonds is 1. The fourth-order valence-electron chi connectivity index (χ4n) is 8.08. The van der Waals surface area contributed by atoms with Crippen molar-refractivity contribution in [1.82, 2.24) is 4.57 Å². The zero-order valence-corrected chi connectivity index (χ0v) is 23.8. The molecule has 0 atom stereocenters. The number of Topliss-reactive ketones (excluding diaryl/α,β-unsaturated/α-hetero) is 1. The molecule has 0 fully saturated rings. The van der Waals surface area contributed by atoms with E-state index in [2.05, 4.69) is 106 Å². The van der Waals surface area contributed by atoms with E-state index in [4.69, 9.17) is 0 Å². The van der Waals surface area contributed by atoms with Crippen LogP contribution in [0.3, 0.4) is 0 Å². The van der Waals surface area contributed by atoms with Crippen LogP contribution in [-0.2, 0) is 18.4 Å². The third-order valence-corrected chi connectivity index (χ3v) is 9.85. The maximum atomic E-state index is 14.1. The minimum Gasteiger partial charge on any atom is -0.506 e. The summed E-state index contributed by atoms with van der Waals surface area (Å²) in [6, 6.07) is 25.7. The van der Waals surface area contributed by atoms with Crippen LogP contribution in [0.5, 0.6) is 0 Å². The first-order valence-electron chi connectivity index (χ1n) is 14.9. The van der Waals surface area contributed by atoms with Gasteiger partial charge in [0.15, 0.2) is 11.0 Å². The molecule has 42 heavy (non-hydrogen) atoms. The van der Waals surface area contributed by atoms with Crippen molar-refractivity contribution in [1.29, 1.82) is 0 Å².